The summed E-state index contributed by atoms with van der Waals surface area (Å²) in [4.78, 5) is 11.8. The van der Waals surface area contributed by atoms with Crippen molar-refractivity contribution in [2.75, 3.05) is 6.54 Å². The lowest BCUT2D eigenvalue weighted by molar-refractivity contribution is -0.127. The number of amides is 1. The fraction of sp³-hybridized carbons (Fsp3) is 0.533. The van der Waals surface area contributed by atoms with E-state index in [1.807, 2.05) is 6.07 Å². The highest BCUT2D eigenvalue weighted by Gasteiger charge is 2.15. The summed E-state index contributed by atoms with van der Waals surface area (Å²) in [6.45, 7) is 4.94. The van der Waals surface area contributed by atoms with Gasteiger partial charge >= 0.3 is 0 Å². The normalized spacial score (nSPS) is 12.0. The van der Waals surface area contributed by atoms with Crippen LogP contribution in [0.4, 0.5) is 0 Å². The van der Waals surface area contributed by atoms with E-state index in [-0.39, 0.29) is 5.91 Å². The zero-order chi connectivity index (χ0) is 15.0. The predicted molar refractivity (Wildman–Crippen MR) is 82.0 cm³/mol. The van der Waals surface area contributed by atoms with Crippen LogP contribution >= 0.6 is 11.6 Å². The molecule has 0 heterocycles. The zero-order valence-electron chi connectivity index (χ0n) is 12.1. The summed E-state index contributed by atoms with van der Waals surface area (Å²) in [7, 11) is 0. The van der Waals surface area contributed by atoms with E-state index in [2.05, 4.69) is 12.2 Å². The van der Waals surface area contributed by atoms with Crippen LogP contribution in [0.15, 0.2) is 18.2 Å². The van der Waals surface area contributed by atoms with Gasteiger partial charge in [0, 0.05) is 13.1 Å². The number of nitrogens with one attached hydrogen (secondary N) is 1. The topological polar surface area (TPSA) is 64.3 Å². The maximum absolute atomic E-state index is 11.8. The molecule has 0 aliphatic rings. The van der Waals surface area contributed by atoms with Gasteiger partial charge in [-0.2, -0.15) is 0 Å². The van der Waals surface area contributed by atoms with Crippen LogP contribution in [0, 0.1) is 0 Å². The molecule has 0 radical (unpaired) electrons. The number of hydrogen-bond acceptors (Lipinski definition) is 3. The molecule has 0 saturated heterocycles. The van der Waals surface area contributed by atoms with Crippen molar-refractivity contribution >= 4 is 17.5 Å². The number of benzene rings is 1. The van der Waals surface area contributed by atoms with Crippen molar-refractivity contribution in [3.05, 3.63) is 28.8 Å². The molecule has 112 valence electrons. The quantitative estimate of drug-likeness (QED) is 0.725. The maximum atomic E-state index is 11.8. The SMILES string of the molecule is CCCCCNC(=O)C(C)Oc1ccc(CN)cc1Cl. The van der Waals surface area contributed by atoms with Crippen molar-refractivity contribution in [2.24, 2.45) is 5.73 Å². The number of carbonyl (C=O) groups is 1. The summed E-state index contributed by atoms with van der Waals surface area (Å²) in [6, 6.07) is 5.33. The monoisotopic (exact) mass is 298 g/mol. The van der Waals surface area contributed by atoms with Gasteiger partial charge in [-0.3, -0.25) is 4.79 Å². The van der Waals surface area contributed by atoms with E-state index in [9.17, 15) is 4.79 Å². The first-order valence-electron chi connectivity index (χ1n) is 7.01. The Morgan fingerprint density at radius 1 is 1.45 bits per heavy atom. The first-order chi connectivity index (χ1) is 9.58. The van der Waals surface area contributed by atoms with E-state index in [0.717, 1.165) is 24.8 Å². The number of unbranched alkanes of at least 4 members (excludes halogenated alkanes) is 2. The zero-order valence-corrected chi connectivity index (χ0v) is 12.9. The first-order valence-corrected chi connectivity index (χ1v) is 7.39. The van der Waals surface area contributed by atoms with Crippen molar-refractivity contribution in [2.45, 2.75) is 45.8 Å². The highest BCUT2D eigenvalue weighted by molar-refractivity contribution is 6.32. The van der Waals surface area contributed by atoms with Gasteiger partial charge in [0.15, 0.2) is 6.10 Å². The second kappa shape index (κ2) is 8.82. The average molecular weight is 299 g/mol. The number of nitrogens with two attached hydrogens (primary N) is 1. The van der Waals surface area contributed by atoms with Gasteiger partial charge in [0.25, 0.3) is 5.91 Å². The Bertz CT molecular complexity index is 438. The Labute approximate surface area is 125 Å². The van der Waals surface area contributed by atoms with Crippen LogP contribution in [0.25, 0.3) is 0 Å². The fourth-order valence-corrected chi connectivity index (χ4v) is 1.99. The van der Waals surface area contributed by atoms with Gasteiger partial charge in [-0.15, -0.1) is 0 Å². The van der Waals surface area contributed by atoms with Crippen LogP contribution < -0.4 is 15.8 Å². The molecule has 0 bridgehead atoms. The van der Waals surface area contributed by atoms with Crippen LogP contribution in [0.3, 0.4) is 0 Å². The molecule has 0 aromatic heterocycles. The van der Waals surface area contributed by atoms with Gasteiger partial charge in [0.2, 0.25) is 0 Å². The molecular formula is C15H23ClN2O2. The molecule has 1 aromatic carbocycles. The lowest BCUT2D eigenvalue weighted by Crippen LogP contribution is -2.36. The Balaban J connectivity index is 2.48. The minimum atomic E-state index is -0.571. The van der Waals surface area contributed by atoms with Gasteiger partial charge in [0.1, 0.15) is 5.75 Å². The third-order valence-electron chi connectivity index (χ3n) is 2.98. The fourth-order valence-electron chi connectivity index (χ4n) is 1.74. The van der Waals surface area contributed by atoms with Crippen LogP contribution in [-0.2, 0) is 11.3 Å². The molecule has 1 aromatic rings. The summed E-state index contributed by atoms with van der Waals surface area (Å²) >= 11 is 6.09. The Kier molecular flexibility index (Phi) is 7.41. The molecular weight excluding hydrogens is 276 g/mol. The Morgan fingerprint density at radius 3 is 2.80 bits per heavy atom. The number of halogens is 1. The Hall–Kier alpha value is -1.26. The van der Waals surface area contributed by atoms with Crippen molar-refractivity contribution in [3.8, 4) is 5.75 Å². The second-order valence-electron chi connectivity index (χ2n) is 4.73. The second-order valence-corrected chi connectivity index (χ2v) is 5.13. The van der Waals surface area contributed by atoms with E-state index in [1.165, 1.54) is 0 Å². The predicted octanol–water partition coefficient (Wildman–Crippen LogP) is 2.87. The summed E-state index contributed by atoms with van der Waals surface area (Å²) < 4.78 is 5.58. The van der Waals surface area contributed by atoms with E-state index in [0.29, 0.717) is 23.9 Å². The molecule has 1 atom stereocenters. The minimum Gasteiger partial charge on any atom is -0.479 e. The van der Waals surface area contributed by atoms with Crippen molar-refractivity contribution in [1.82, 2.24) is 5.32 Å². The summed E-state index contributed by atoms with van der Waals surface area (Å²) in [6.07, 6.45) is 2.66. The van der Waals surface area contributed by atoms with Crippen molar-refractivity contribution in [3.63, 3.8) is 0 Å². The Morgan fingerprint density at radius 2 is 2.20 bits per heavy atom. The molecule has 0 aliphatic carbocycles. The number of hydrogen-bond donors (Lipinski definition) is 2. The highest BCUT2D eigenvalue weighted by atomic mass is 35.5. The molecule has 0 spiro atoms. The van der Waals surface area contributed by atoms with Gasteiger partial charge in [-0.05, 0) is 31.0 Å². The minimum absolute atomic E-state index is 0.125. The number of ether oxygens (including phenoxy) is 1. The number of carbonyl (C=O) groups excluding carboxylic acids is 1. The summed E-state index contributed by atoms with van der Waals surface area (Å²) in [5, 5.41) is 3.32. The molecule has 1 rings (SSSR count). The lowest BCUT2D eigenvalue weighted by Gasteiger charge is -2.16. The van der Waals surface area contributed by atoms with Crippen molar-refractivity contribution in [1.29, 1.82) is 0 Å². The largest absolute Gasteiger partial charge is 0.479 e. The van der Waals surface area contributed by atoms with Gasteiger partial charge < -0.3 is 15.8 Å². The lowest BCUT2D eigenvalue weighted by atomic mass is 10.2. The molecule has 1 unspecified atom stereocenters. The molecule has 4 nitrogen and oxygen atoms in total. The summed E-state index contributed by atoms with van der Waals surface area (Å²) in [5.41, 5.74) is 6.46. The van der Waals surface area contributed by atoms with Gasteiger partial charge in [-0.1, -0.05) is 37.4 Å². The van der Waals surface area contributed by atoms with E-state index in [1.54, 1.807) is 19.1 Å². The molecule has 0 aliphatic heterocycles. The van der Waals surface area contributed by atoms with Gasteiger partial charge in [-0.25, -0.2) is 0 Å². The average Bonchev–Trinajstić information content (AvgIpc) is 2.45. The van der Waals surface area contributed by atoms with E-state index < -0.39 is 6.10 Å². The van der Waals surface area contributed by atoms with Crippen molar-refractivity contribution < 1.29 is 9.53 Å². The highest BCUT2D eigenvalue weighted by Crippen LogP contribution is 2.26. The van der Waals surface area contributed by atoms with E-state index in [4.69, 9.17) is 22.1 Å². The molecule has 5 heteroatoms. The molecule has 20 heavy (non-hydrogen) atoms. The molecule has 3 N–H and O–H groups in total. The molecule has 1 amide bonds. The van der Waals surface area contributed by atoms with Crippen LogP contribution in [-0.4, -0.2) is 18.6 Å². The molecule has 0 saturated carbocycles. The first kappa shape index (κ1) is 16.8. The third kappa shape index (κ3) is 5.39. The standard InChI is InChI=1S/C15H23ClN2O2/c1-3-4-5-8-18-15(19)11(2)20-14-7-6-12(10-17)9-13(14)16/h6-7,9,11H,3-5,8,10,17H2,1-2H3,(H,18,19). The van der Waals surface area contributed by atoms with Gasteiger partial charge in [0.05, 0.1) is 5.02 Å². The maximum Gasteiger partial charge on any atom is 0.260 e. The molecule has 0 fully saturated rings. The van der Waals surface area contributed by atoms with Crippen LogP contribution in [0.1, 0.15) is 38.7 Å². The summed E-state index contributed by atoms with van der Waals surface area (Å²) in [5.74, 6) is 0.375. The van der Waals surface area contributed by atoms with Crippen LogP contribution in [0.2, 0.25) is 5.02 Å². The smallest absolute Gasteiger partial charge is 0.260 e. The third-order valence-corrected chi connectivity index (χ3v) is 3.28. The van der Waals surface area contributed by atoms with Crippen LogP contribution in [0.5, 0.6) is 5.75 Å². The van der Waals surface area contributed by atoms with E-state index >= 15 is 0 Å². The number of rotatable bonds is 8.